The van der Waals surface area contributed by atoms with Crippen molar-refractivity contribution in [2.75, 3.05) is 6.61 Å². The number of esters is 1. The van der Waals surface area contributed by atoms with Crippen LogP contribution in [-0.2, 0) is 9.53 Å². The Hall–Kier alpha value is -3.23. The highest BCUT2D eigenvalue weighted by molar-refractivity contribution is 5.99. The van der Waals surface area contributed by atoms with Crippen molar-refractivity contribution in [2.24, 2.45) is 21.7 Å². The van der Waals surface area contributed by atoms with Gasteiger partial charge < -0.3 is 21.3 Å². The number of ether oxygens (including phenoxy) is 1. The molecule has 0 aliphatic rings. The zero-order valence-corrected chi connectivity index (χ0v) is 12.6. The van der Waals surface area contributed by atoms with Gasteiger partial charge in [0.25, 0.3) is 0 Å². The van der Waals surface area contributed by atoms with Crippen LogP contribution in [0, 0.1) is 0 Å². The molecular weight excluding hydrogens is 304 g/mol. The number of hydrogen-bond donors (Lipinski definition) is 3. The van der Waals surface area contributed by atoms with Crippen LogP contribution in [0.2, 0.25) is 0 Å². The maximum atomic E-state index is 11.6. The topological polar surface area (TPSA) is 157 Å². The number of hydrogen-bond acceptors (Lipinski definition) is 7. The highest BCUT2D eigenvalue weighted by Gasteiger charge is 2.14. The van der Waals surface area contributed by atoms with Gasteiger partial charge in [0.2, 0.25) is 17.5 Å². The lowest BCUT2D eigenvalue weighted by atomic mass is 10.1. The molecule has 9 nitrogen and oxygen atoms in total. The summed E-state index contributed by atoms with van der Waals surface area (Å²) in [7, 11) is 0. The van der Waals surface area contributed by atoms with Crippen molar-refractivity contribution in [1.29, 1.82) is 0 Å². The van der Waals surface area contributed by atoms with Crippen LogP contribution in [0.25, 0.3) is 0 Å². The first-order chi connectivity index (χ1) is 10.8. The third kappa shape index (κ3) is 4.92. The van der Waals surface area contributed by atoms with Crippen molar-refractivity contribution in [3.05, 3.63) is 40.8 Å². The van der Waals surface area contributed by atoms with Crippen molar-refractivity contribution in [1.82, 2.24) is 0 Å². The molecular formula is C14H16N4O5. The number of azo groups is 1. The fraction of sp³-hybridized carbons (Fsp3) is 0.214. The van der Waals surface area contributed by atoms with Gasteiger partial charge in [-0.1, -0.05) is 0 Å². The lowest BCUT2D eigenvalue weighted by Crippen LogP contribution is -2.15. The van der Waals surface area contributed by atoms with E-state index < -0.39 is 29.2 Å². The van der Waals surface area contributed by atoms with Gasteiger partial charge in [-0.2, -0.15) is 5.11 Å². The maximum absolute atomic E-state index is 11.6. The number of primary amides is 2. The molecule has 0 fully saturated rings. The Kier molecular flexibility index (Phi) is 5.95. The van der Waals surface area contributed by atoms with E-state index in [1.165, 1.54) is 25.1 Å². The van der Waals surface area contributed by atoms with E-state index in [9.17, 15) is 19.5 Å². The van der Waals surface area contributed by atoms with Crippen LogP contribution >= 0.6 is 0 Å². The Morgan fingerprint density at radius 2 is 1.65 bits per heavy atom. The van der Waals surface area contributed by atoms with Gasteiger partial charge >= 0.3 is 5.97 Å². The summed E-state index contributed by atoms with van der Waals surface area (Å²) < 4.78 is 4.72. The van der Waals surface area contributed by atoms with Crippen molar-refractivity contribution in [2.45, 2.75) is 13.8 Å². The molecule has 1 rings (SSSR count). The number of carbonyl (C=O) groups excluding carboxylic acids is 3. The molecule has 0 unspecified atom stereocenters. The molecule has 1 aromatic rings. The number of aliphatic hydroxyl groups is 1. The zero-order valence-electron chi connectivity index (χ0n) is 12.6. The number of benzene rings is 1. The van der Waals surface area contributed by atoms with Crippen LogP contribution in [0.15, 0.2) is 39.9 Å². The second-order valence-corrected chi connectivity index (χ2v) is 4.35. The monoisotopic (exact) mass is 320 g/mol. The first kappa shape index (κ1) is 17.8. The average Bonchev–Trinajstić information content (AvgIpc) is 2.46. The number of allylic oxidation sites excluding steroid dienone is 1. The summed E-state index contributed by atoms with van der Waals surface area (Å²) in [6, 6.07) is 3.73. The van der Waals surface area contributed by atoms with Gasteiger partial charge in [-0.25, -0.2) is 4.79 Å². The zero-order chi connectivity index (χ0) is 17.6. The summed E-state index contributed by atoms with van der Waals surface area (Å²) in [5, 5.41) is 16.7. The first-order valence-electron chi connectivity index (χ1n) is 6.49. The molecule has 122 valence electrons. The summed E-state index contributed by atoms with van der Waals surface area (Å²) in [6.07, 6.45) is 0. The Bertz CT molecular complexity index is 673. The third-order valence-electron chi connectivity index (χ3n) is 2.56. The molecule has 0 atom stereocenters. The van der Waals surface area contributed by atoms with E-state index in [-0.39, 0.29) is 23.4 Å². The van der Waals surface area contributed by atoms with E-state index in [0.29, 0.717) is 0 Å². The Morgan fingerprint density at radius 1 is 1.13 bits per heavy atom. The second kappa shape index (κ2) is 7.69. The van der Waals surface area contributed by atoms with E-state index in [1.807, 2.05) is 0 Å². The summed E-state index contributed by atoms with van der Waals surface area (Å²) in [5.41, 5.74) is 9.96. The third-order valence-corrected chi connectivity index (χ3v) is 2.56. The molecule has 0 heterocycles. The van der Waals surface area contributed by atoms with Gasteiger partial charge in [-0.3, -0.25) is 9.59 Å². The van der Waals surface area contributed by atoms with Gasteiger partial charge in [0, 0.05) is 11.1 Å². The second-order valence-electron chi connectivity index (χ2n) is 4.35. The van der Waals surface area contributed by atoms with Gasteiger partial charge in [-0.05, 0) is 32.0 Å². The van der Waals surface area contributed by atoms with E-state index in [2.05, 4.69) is 10.2 Å². The fourth-order valence-electron chi connectivity index (χ4n) is 1.52. The van der Waals surface area contributed by atoms with E-state index in [1.54, 1.807) is 6.92 Å². The van der Waals surface area contributed by atoms with Crippen LogP contribution < -0.4 is 11.5 Å². The number of carbonyl (C=O) groups is 3. The average molecular weight is 320 g/mol. The predicted molar refractivity (Wildman–Crippen MR) is 80.0 cm³/mol. The molecule has 0 radical (unpaired) electrons. The minimum Gasteiger partial charge on any atom is -0.510 e. The molecule has 0 saturated heterocycles. The highest BCUT2D eigenvalue weighted by Crippen LogP contribution is 2.20. The summed E-state index contributed by atoms with van der Waals surface area (Å²) in [4.78, 5) is 34.1. The van der Waals surface area contributed by atoms with Gasteiger partial charge in [0.05, 0.1) is 12.3 Å². The smallest absolute Gasteiger partial charge is 0.362 e. The number of rotatable bonds is 6. The van der Waals surface area contributed by atoms with E-state index in [4.69, 9.17) is 16.2 Å². The molecule has 5 N–H and O–H groups in total. The van der Waals surface area contributed by atoms with Crippen molar-refractivity contribution in [3.63, 3.8) is 0 Å². The molecule has 9 heteroatoms. The van der Waals surface area contributed by atoms with Crippen LogP contribution in [0.4, 0.5) is 5.69 Å². The summed E-state index contributed by atoms with van der Waals surface area (Å²) in [5.74, 6) is -2.83. The Labute approximate surface area is 131 Å². The van der Waals surface area contributed by atoms with Crippen LogP contribution in [0.5, 0.6) is 0 Å². The summed E-state index contributed by atoms with van der Waals surface area (Å²) >= 11 is 0. The molecule has 2 amide bonds. The first-order valence-corrected chi connectivity index (χ1v) is 6.49. The van der Waals surface area contributed by atoms with Gasteiger partial charge in [0.1, 0.15) is 5.76 Å². The van der Waals surface area contributed by atoms with Crippen LogP contribution in [-0.4, -0.2) is 29.5 Å². The Balaban J connectivity index is 3.25. The standard InChI is InChI=1S/C14H16N4O5/c1-3-23-14(22)11(7(2)19)18-17-10-5-8(12(15)20)4-9(6-10)13(16)21/h4-6,19H,3H2,1-2H3,(H2,15,20)(H2,16,21)/b11-7-,18-17?. The minimum atomic E-state index is -0.863. The van der Waals surface area contributed by atoms with Crippen molar-refractivity contribution in [3.8, 4) is 0 Å². The largest absolute Gasteiger partial charge is 0.510 e. The fourth-order valence-corrected chi connectivity index (χ4v) is 1.52. The SMILES string of the molecule is CCOC(=O)/C(N=Nc1cc(C(N)=O)cc(C(N)=O)c1)=C(\C)O. The number of nitrogens with two attached hydrogens (primary N) is 2. The number of aliphatic hydroxyl groups excluding tert-OH is 1. The number of nitrogens with zero attached hydrogens (tertiary/aromatic N) is 2. The lowest BCUT2D eigenvalue weighted by molar-refractivity contribution is -0.138. The molecule has 0 bridgehead atoms. The lowest BCUT2D eigenvalue weighted by Gasteiger charge is -2.04. The number of amides is 2. The molecule has 0 saturated carbocycles. The van der Waals surface area contributed by atoms with E-state index >= 15 is 0 Å². The molecule has 0 aliphatic carbocycles. The Morgan fingerprint density at radius 3 is 2.04 bits per heavy atom. The molecule has 0 aromatic heterocycles. The predicted octanol–water partition coefficient (Wildman–Crippen LogP) is 1.32. The van der Waals surface area contributed by atoms with Crippen molar-refractivity contribution < 1.29 is 24.2 Å². The highest BCUT2D eigenvalue weighted by atomic mass is 16.5. The maximum Gasteiger partial charge on any atom is 0.362 e. The van der Waals surface area contributed by atoms with Crippen LogP contribution in [0.1, 0.15) is 34.6 Å². The van der Waals surface area contributed by atoms with Crippen LogP contribution in [0.3, 0.4) is 0 Å². The molecule has 23 heavy (non-hydrogen) atoms. The minimum absolute atomic E-state index is 0.00219. The molecule has 0 aliphatic heterocycles. The molecule has 1 aromatic carbocycles. The quantitative estimate of drug-likeness (QED) is 0.311. The van der Waals surface area contributed by atoms with E-state index in [0.717, 1.165) is 0 Å². The van der Waals surface area contributed by atoms with Crippen molar-refractivity contribution >= 4 is 23.5 Å². The van der Waals surface area contributed by atoms with Gasteiger partial charge in [-0.15, -0.1) is 5.11 Å². The van der Waals surface area contributed by atoms with Gasteiger partial charge in [0.15, 0.2) is 0 Å². The molecule has 0 spiro atoms. The normalized spacial score (nSPS) is 11.9. The summed E-state index contributed by atoms with van der Waals surface area (Å²) in [6.45, 7) is 2.92.